The molecule has 0 aliphatic heterocycles. The summed E-state index contributed by atoms with van der Waals surface area (Å²) < 4.78 is 82.0. The van der Waals surface area contributed by atoms with E-state index < -0.39 is 40.9 Å². The second kappa shape index (κ2) is 10.2. The summed E-state index contributed by atoms with van der Waals surface area (Å²) in [5, 5.41) is 0. The summed E-state index contributed by atoms with van der Waals surface area (Å²) >= 11 is 0. The molecule has 8 nitrogen and oxygen atoms in total. The SMILES string of the molecule is COc1ncnc(C2CC2)c1-c1nccc(OCc2cc(F)c(-c3nc(C(F)(F)F)cn3C(C)C)c(F)c2)n1. The lowest BCUT2D eigenvalue weighted by Gasteiger charge is -2.14. The van der Waals surface area contributed by atoms with Crippen LogP contribution in [-0.4, -0.2) is 36.6 Å². The van der Waals surface area contributed by atoms with E-state index in [1.54, 1.807) is 13.8 Å². The van der Waals surface area contributed by atoms with Gasteiger partial charge in [-0.3, -0.25) is 0 Å². The fraction of sp³-hybridized carbons (Fsp3) is 0.346. The second-order valence-corrected chi connectivity index (χ2v) is 9.31. The van der Waals surface area contributed by atoms with E-state index in [1.165, 1.54) is 25.7 Å². The summed E-state index contributed by atoms with van der Waals surface area (Å²) in [4.78, 5) is 20.7. The Labute approximate surface area is 219 Å². The minimum Gasteiger partial charge on any atom is -0.480 e. The van der Waals surface area contributed by atoms with E-state index >= 15 is 8.78 Å². The van der Waals surface area contributed by atoms with E-state index in [1.807, 2.05) is 0 Å². The van der Waals surface area contributed by atoms with E-state index in [9.17, 15) is 13.2 Å². The maximum Gasteiger partial charge on any atom is 0.434 e. The monoisotopic (exact) mass is 546 g/mol. The number of halogens is 5. The first-order valence-electron chi connectivity index (χ1n) is 12.1. The highest BCUT2D eigenvalue weighted by molar-refractivity contribution is 5.66. The number of methoxy groups -OCH3 is 1. The molecule has 0 spiro atoms. The van der Waals surface area contributed by atoms with Crippen molar-refractivity contribution in [2.75, 3.05) is 7.11 Å². The molecule has 0 amide bonds. The number of aromatic nitrogens is 6. The molecule has 1 fully saturated rings. The number of hydrogen-bond donors (Lipinski definition) is 0. The van der Waals surface area contributed by atoms with Crippen molar-refractivity contribution in [3.8, 4) is 34.5 Å². The molecule has 0 saturated heterocycles. The number of rotatable bonds is 8. The Kier molecular flexibility index (Phi) is 6.91. The minimum atomic E-state index is -4.76. The third-order valence-corrected chi connectivity index (χ3v) is 6.14. The summed E-state index contributed by atoms with van der Waals surface area (Å²) in [6.45, 7) is 2.91. The summed E-state index contributed by atoms with van der Waals surface area (Å²) in [6.07, 6.45) is 0.817. The number of alkyl halides is 3. The van der Waals surface area contributed by atoms with Crippen LogP contribution in [0.3, 0.4) is 0 Å². The first kappa shape index (κ1) is 26.4. The van der Waals surface area contributed by atoms with Gasteiger partial charge in [-0.2, -0.15) is 18.2 Å². The summed E-state index contributed by atoms with van der Waals surface area (Å²) in [5.74, 6) is -1.61. The molecule has 3 aromatic heterocycles. The second-order valence-electron chi connectivity index (χ2n) is 9.31. The number of benzene rings is 1. The normalized spacial score (nSPS) is 13.7. The van der Waals surface area contributed by atoms with Gasteiger partial charge in [0.1, 0.15) is 36.0 Å². The Morgan fingerprint density at radius 2 is 1.74 bits per heavy atom. The van der Waals surface area contributed by atoms with Crippen LogP contribution in [0.2, 0.25) is 0 Å². The molecule has 1 aliphatic carbocycles. The average molecular weight is 547 g/mol. The van der Waals surface area contributed by atoms with Gasteiger partial charge >= 0.3 is 6.18 Å². The topological polar surface area (TPSA) is 87.8 Å². The van der Waals surface area contributed by atoms with Crippen molar-refractivity contribution in [3.05, 3.63) is 65.5 Å². The number of hydrogen-bond acceptors (Lipinski definition) is 7. The predicted octanol–water partition coefficient (Wildman–Crippen LogP) is 6.14. The van der Waals surface area contributed by atoms with E-state index in [4.69, 9.17) is 9.47 Å². The minimum absolute atomic E-state index is 0.104. The van der Waals surface area contributed by atoms with Crippen LogP contribution < -0.4 is 9.47 Å². The van der Waals surface area contributed by atoms with Gasteiger partial charge in [0.25, 0.3) is 0 Å². The summed E-state index contributed by atoms with van der Waals surface area (Å²) in [6, 6.07) is 2.94. The van der Waals surface area contributed by atoms with Crippen molar-refractivity contribution in [3.63, 3.8) is 0 Å². The van der Waals surface area contributed by atoms with Gasteiger partial charge in [-0.1, -0.05) is 0 Å². The highest BCUT2D eigenvalue weighted by atomic mass is 19.4. The van der Waals surface area contributed by atoms with Gasteiger partial charge in [0, 0.05) is 30.4 Å². The molecule has 0 bridgehead atoms. The molecular weight excluding hydrogens is 523 g/mol. The first-order valence-corrected chi connectivity index (χ1v) is 12.1. The number of ether oxygens (including phenoxy) is 2. The van der Waals surface area contributed by atoms with Gasteiger partial charge in [-0.05, 0) is 44.4 Å². The zero-order valence-corrected chi connectivity index (χ0v) is 21.1. The molecule has 1 aliphatic rings. The zero-order chi connectivity index (χ0) is 27.9. The van der Waals surface area contributed by atoms with Crippen LogP contribution in [0, 0.1) is 11.6 Å². The Balaban J connectivity index is 1.41. The largest absolute Gasteiger partial charge is 0.480 e. The van der Waals surface area contributed by atoms with Crippen molar-refractivity contribution in [1.29, 1.82) is 0 Å². The molecule has 0 unspecified atom stereocenters. The van der Waals surface area contributed by atoms with Gasteiger partial charge in [0.2, 0.25) is 11.8 Å². The number of nitrogens with zero attached hydrogens (tertiary/aromatic N) is 6. The molecule has 0 N–H and O–H groups in total. The van der Waals surface area contributed by atoms with Crippen LogP contribution in [0.1, 0.15) is 55.6 Å². The molecule has 4 aromatic rings. The molecule has 204 valence electrons. The maximum absolute atomic E-state index is 15.1. The zero-order valence-electron chi connectivity index (χ0n) is 21.1. The summed E-state index contributed by atoms with van der Waals surface area (Å²) in [7, 11) is 1.48. The standard InChI is InChI=1S/C26H23F5N6O2/c1-13(2)37-10-18(26(29,30)31)35-24(37)20-16(27)8-14(9-17(20)28)11-39-19-6-7-32-23(36-19)21-22(15-4-5-15)33-12-34-25(21)38-3/h6-10,12-13,15H,4-5,11H2,1-3H3. The molecule has 39 heavy (non-hydrogen) atoms. The smallest absolute Gasteiger partial charge is 0.434 e. The Morgan fingerprint density at radius 1 is 1.03 bits per heavy atom. The van der Waals surface area contributed by atoms with Crippen LogP contribution in [0.5, 0.6) is 11.8 Å². The molecule has 5 rings (SSSR count). The van der Waals surface area contributed by atoms with Gasteiger partial charge in [0.05, 0.1) is 18.4 Å². The fourth-order valence-electron chi connectivity index (χ4n) is 4.15. The van der Waals surface area contributed by atoms with Crippen LogP contribution in [-0.2, 0) is 12.8 Å². The van der Waals surface area contributed by atoms with Gasteiger partial charge in [-0.25, -0.2) is 28.7 Å². The maximum atomic E-state index is 15.1. The molecule has 13 heteroatoms. The highest BCUT2D eigenvalue weighted by Gasteiger charge is 2.36. The van der Waals surface area contributed by atoms with Gasteiger partial charge in [0.15, 0.2) is 11.5 Å². The van der Waals surface area contributed by atoms with Crippen LogP contribution >= 0.6 is 0 Å². The van der Waals surface area contributed by atoms with Crippen LogP contribution in [0.15, 0.2) is 36.9 Å². The first-order chi connectivity index (χ1) is 18.6. The lowest BCUT2D eigenvalue weighted by Crippen LogP contribution is -2.06. The van der Waals surface area contributed by atoms with Crippen molar-refractivity contribution in [2.24, 2.45) is 0 Å². The molecule has 1 saturated carbocycles. The van der Waals surface area contributed by atoms with Crippen molar-refractivity contribution < 1.29 is 31.4 Å². The van der Waals surface area contributed by atoms with Crippen molar-refractivity contribution in [2.45, 2.75) is 51.4 Å². The van der Waals surface area contributed by atoms with E-state index in [-0.39, 0.29) is 29.8 Å². The molecule has 3 heterocycles. The highest BCUT2D eigenvalue weighted by Crippen LogP contribution is 2.45. The Bertz CT molecular complexity index is 1490. The number of imidazole rings is 1. The predicted molar refractivity (Wildman–Crippen MR) is 129 cm³/mol. The fourth-order valence-corrected chi connectivity index (χ4v) is 4.15. The molecule has 0 radical (unpaired) electrons. The van der Waals surface area contributed by atoms with Crippen LogP contribution in [0.4, 0.5) is 22.0 Å². The van der Waals surface area contributed by atoms with E-state index in [0.717, 1.165) is 41.4 Å². The average Bonchev–Trinajstić information content (AvgIpc) is 3.64. The third kappa shape index (κ3) is 5.38. The third-order valence-electron chi connectivity index (χ3n) is 6.14. The van der Waals surface area contributed by atoms with Crippen molar-refractivity contribution in [1.82, 2.24) is 29.5 Å². The summed E-state index contributed by atoms with van der Waals surface area (Å²) in [5.41, 5.74) is -0.467. The quantitative estimate of drug-likeness (QED) is 0.245. The lowest BCUT2D eigenvalue weighted by molar-refractivity contribution is -0.140. The molecule has 1 aromatic carbocycles. The van der Waals surface area contributed by atoms with Crippen molar-refractivity contribution >= 4 is 0 Å². The van der Waals surface area contributed by atoms with Gasteiger partial charge in [-0.15, -0.1) is 0 Å². The van der Waals surface area contributed by atoms with E-state index in [0.29, 0.717) is 11.4 Å². The molecular formula is C26H23F5N6O2. The van der Waals surface area contributed by atoms with Gasteiger partial charge < -0.3 is 14.0 Å². The molecule has 0 atom stereocenters. The van der Waals surface area contributed by atoms with E-state index in [2.05, 4.69) is 24.9 Å². The van der Waals surface area contributed by atoms with Crippen LogP contribution in [0.25, 0.3) is 22.8 Å². The Morgan fingerprint density at radius 3 is 2.36 bits per heavy atom. The Hall–Kier alpha value is -4.16. The lowest BCUT2D eigenvalue weighted by atomic mass is 10.1.